The lowest BCUT2D eigenvalue weighted by Crippen LogP contribution is -2.20. The molecule has 6 heteroatoms. The molecule has 0 amide bonds. The molecule has 0 aromatic carbocycles. The van der Waals surface area contributed by atoms with E-state index < -0.39 is 4.92 Å². The molecule has 0 aliphatic carbocycles. The van der Waals surface area contributed by atoms with Crippen LogP contribution < -0.4 is 10.6 Å². The normalized spacial score (nSPS) is 13.7. The van der Waals surface area contributed by atoms with E-state index in [9.17, 15) is 10.1 Å². The van der Waals surface area contributed by atoms with Gasteiger partial charge in [0, 0.05) is 19.2 Å². The number of nitrogens with one attached hydrogen (secondary N) is 2. The second kappa shape index (κ2) is 6.92. The minimum atomic E-state index is -0.412. The molecule has 0 aliphatic rings. The molecule has 1 aromatic rings. The largest absolute Gasteiger partial charge is 0.373 e. The predicted octanol–water partition coefficient (Wildman–Crippen LogP) is 3.27. The second-order valence-electron chi connectivity index (χ2n) is 4.87. The molecule has 2 atom stereocenters. The molecule has 19 heavy (non-hydrogen) atoms. The van der Waals surface area contributed by atoms with Crippen molar-refractivity contribution in [2.24, 2.45) is 5.92 Å². The third-order valence-corrected chi connectivity index (χ3v) is 3.16. The Kier molecular flexibility index (Phi) is 5.54. The van der Waals surface area contributed by atoms with Crippen LogP contribution in [0.1, 0.15) is 33.6 Å². The highest BCUT2D eigenvalue weighted by Gasteiger charge is 2.18. The highest BCUT2D eigenvalue weighted by atomic mass is 16.6. The van der Waals surface area contributed by atoms with E-state index in [-0.39, 0.29) is 11.7 Å². The third kappa shape index (κ3) is 4.39. The number of hydrogen-bond donors (Lipinski definition) is 2. The maximum absolute atomic E-state index is 11.0. The van der Waals surface area contributed by atoms with Crippen molar-refractivity contribution in [3.05, 3.63) is 22.2 Å². The molecule has 0 spiro atoms. The number of nitrogens with zero attached hydrogens (tertiary/aromatic N) is 2. The van der Waals surface area contributed by atoms with Gasteiger partial charge < -0.3 is 10.6 Å². The molecule has 0 fully saturated rings. The predicted molar refractivity (Wildman–Crippen MR) is 77.6 cm³/mol. The molecular formula is C13H22N4O2. The van der Waals surface area contributed by atoms with Crippen molar-refractivity contribution in [3.63, 3.8) is 0 Å². The van der Waals surface area contributed by atoms with Gasteiger partial charge in [0.2, 0.25) is 5.82 Å². The van der Waals surface area contributed by atoms with Crippen molar-refractivity contribution in [1.29, 1.82) is 0 Å². The summed E-state index contributed by atoms with van der Waals surface area (Å²) in [5.41, 5.74) is 0.00926. The van der Waals surface area contributed by atoms with Crippen LogP contribution >= 0.6 is 0 Å². The maximum atomic E-state index is 11.0. The van der Waals surface area contributed by atoms with E-state index in [2.05, 4.69) is 29.5 Å². The molecule has 2 unspecified atom stereocenters. The first-order chi connectivity index (χ1) is 8.97. The Morgan fingerprint density at radius 3 is 2.63 bits per heavy atom. The molecule has 106 valence electrons. The summed E-state index contributed by atoms with van der Waals surface area (Å²) in [6.07, 6.45) is 2.05. The average molecular weight is 266 g/mol. The average Bonchev–Trinajstić information content (AvgIpc) is 2.37. The highest BCUT2D eigenvalue weighted by Crippen LogP contribution is 2.25. The lowest BCUT2D eigenvalue weighted by Gasteiger charge is -2.18. The van der Waals surface area contributed by atoms with Crippen molar-refractivity contribution >= 4 is 17.3 Å². The quantitative estimate of drug-likeness (QED) is 0.585. The van der Waals surface area contributed by atoms with Crippen LogP contribution in [0.3, 0.4) is 0 Å². The summed E-state index contributed by atoms with van der Waals surface area (Å²) in [5.74, 6) is 1.52. The maximum Gasteiger partial charge on any atom is 0.311 e. The summed E-state index contributed by atoms with van der Waals surface area (Å²) in [5, 5.41) is 17.0. The van der Waals surface area contributed by atoms with Gasteiger partial charge in [-0.25, -0.2) is 4.98 Å². The number of rotatable bonds is 7. The number of aromatic nitrogens is 1. The van der Waals surface area contributed by atoms with E-state index in [4.69, 9.17) is 0 Å². The minimum absolute atomic E-state index is 0.00926. The fraction of sp³-hybridized carbons (Fsp3) is 0.615. The van der Waals surface area contributed by atoms with Gasteiger partial charge in [0.1, 0.15) is 5.82 Å². The number of nitro groups is 1. The van der Waals surface area contributed by atoms with E-state index in [1.54, 1.807) is 13.1 Å². The van der Waals surface area contributed by atoms with Gasteiger partial charge in [-0.3, -0.25) is 10.1 Å². The molecule has 2 N–H and O–H groups in total. The Hall–Kier alpha value is -1.85. The molecule has 0 radical (unpaired) electrons. The minimum Gasteiger partial charge on any atom is -0.373 e. The zero-order valence-electron chi connectivity index (χ0n) is 11.9. The van der Waals surface area contributed by atoms with Gasteiger partial charge in [-0.05, 0) is 25.3 Å². The second-order valence-corrected chi connectivity index (χ2v) is 4.87. The Morgan fingerprint density at radius 2 is 2.11 bits per heavy atom. The molecule has 0 saturated carbocycles. The molecule has 1 rings (SSSR count). The molecule has 0 saturated heterocycles. The van der Waals surface area contributed by atoms with Crippen LogP contribution in [-0.4, -0.2) is 23.0 Å². The van der Waals surface area contributed by atoms with Crippen LogP contribution in [0.5, 0.6) is 0 Å². The van der Waals surface area contributed by atoms with Crippen molar-refractivity contribution in [1.82, 2.24) is 4.98 Å². The Balaban J connectivity index is 2.88. The van der Waals surface area contributed by atoms with E-state index in [1.165, 1.54) is 6.07 Å². The first kappa shape index (κ1) is 15.2. The Morgan fingerprint density at radius 1 is 1.42 bits per heavy atom. The van der Waals surface area contributed by atoms with Gasteiger partial charge >= 0.3 is 5.69 Å². The summed E-state index contributed by atoms with van der Waals surface area (Å²) in [6.45, 7) is 6.33. The fourth-order valence-electron chi connectivity index (χ4n) is 1.91. The van der Waals surface area contributed by atoms with Gasteiger partial charge in [0.15, 0.2) is 0 Å². The molecule has 1 aromatic heterocycles. The van der Waals surface area contributed by atoms with E-state index >= 15 is 0 Å². The number of hydrogen-bond acceptors (Lipinski definition) is 5. The van der Waals surface area contributed by atoms with Gasteiger partial charge in [-0.1, -0.05) is 20.3 Å². The van der Waals surface area contributed by atoms with Crippen molar-refractivity contribution in [2.75, 3.05) is 17.7 Å². The molecular weight excluding hydrogens is 244 g/mol. The van der Waals surface area contributed by atoms with Crippen LogP contribution in [0.25, 0.3) is 0 Å². The lowest BCUT2D eigenvalue weighted by molar-refractivity contribution is -0.384. The monoisotopic (exact) mass is 266 g/mol. The van der Waals surface area contributed by atoms with E-state index in [0.717, 1.165) is 12.8 Å². The SMILES string of the molecule is CCC(C)CC(C)Nc1nc(NC)ccc1[N+](=O)[O-]. The smallest absolute Gasteiger partial charge is 0.311 e. The third-order valence-electron chi connectivity index (χ3n) is 3.16. The molecule has 0 bridgehead atoms. The van der Waals surface area contributed by atoms with Crippen LogP contribution in [0.2, 0.25) is 0 Å². The van der Waals surface area contributed by atoms with Crippen LogP contribution in [0.4, 0.5) is 17.3 Å². The topological polar surface area (TPSA) is 80.1 Å². The summed E-state index contributed by atoms with van der Waals surface area (Å²) in [6, 6.07) is 3.22. The summed E-state index contributed by atoms with van der Waals surface area (Å²) in [4.78, 5) is 14.8. The lowest BCUT2D eigenvalue weighted by atomic mass is 10.0. The first-order valence-electron chi connectivity index (χ1n) is 6.57. The van der Waals surface area contributed by atoms with Gasteiger partial charge in [-0.2, -0.15) is 0 Å². The van der Waals surface area contributed by atoms with Crippen LogP contribution in [-0.2, 0) is 0 Å². The first-order valence-corrected chi connectivity index (χ1v) is 6.57. The Labute approximate surface area is 113 Å². The molecule has 1 heterocycles. The Bertz CT molecular complexity index is 437. The fourth-order valence-corrected chi connectivity index (χ4v) is 1.91. The van der Waals surface area contributed by atoms with Crippen molar-refractivity contribution in [2.45, 2.75) is 39.7 Å². The zero-order chi connectivity index (χ0) is 14.4. The summed E-state index contributed by atoms with van der Waals surface area (Å²) >= 11 is 0. The highest BCUT2D eigenvalue weighted by molar-refractivity contribution is 5.60. The van der Waals surface area contributed by atoms with E-state index in [0.29, 0.717) is 17.6 Å². The van der Waals surface area contributed by atoms with Crippen LogP contribution in [0.15, 0.2) is 12.1 Å². The number of pyridine rings is 1. The summed E-state index contributed by atoms with van der Waals surface area (Å²) < 4.78 is 0. The van der Waals surface area contributed by atoms with Gasteiger partial charge in [-0.15, -0.1) is 0 Å². The molecule has 6 nitrogen and oxygen atoms in total. The van der Waals surface area contributed by atoms with Gasteiger partial charge in [0.05, 0.1) is 4.92 Å². The van der Waals surface area contributed by atoms with Crippen molar-refractivity contribution < 1.29 is 4.92 Å². The van der Waals surface area contributed by atoms with Crippen LogP contribution in [0, 0.1) is 16.0 Å². The summed E-state index contributed by atoms with van der Waals surface area (Å²) in [7, 11) is 1.74. The van der Waals surface area contributed by atoms with Gasteiger partial charge in [0.25, 0.3) is 0 Å². The number of anilines is 2. The van der Waals surface area contributed by atoms with Crippen molar-refractivity contribution in [3.8, 4) is 0 Å². The molecule has 0 aliphatic heterocycles. The van der Waals surface area contributed by atoms with E-state index in [1.807, 2.05) is 6.92 Å². The standard InChI is InChI=1S/C13H22N4O2/c1-5-9(2)8-10(3)15-13-11(17(18)19)6-7-12(14-4)16-13/h6-7,9-10H,5,8H2,1-4H3,(H2,14,15,16). The zero-order valence-corrected chi connectivity index (χ0v) is 11.9.